The lowest BCUT2D eigenvalue weighted by Gasteiger charge is -2.34. The largest absolute Gasteiger partial charge is 0.486 e. The molecule has 0 unspecified atom stereocenters. The third-order valence-corrected chi connectivity index (χ3v) is 7.22. The van der Waals surface area contributed by atoms with E-state index in [1.807, 2.05) is 13.8 Å². The normalized spacial score (nSPS) is 22.6. The monoisotopic (exact) mass is 483 g/mol. The lowest BCUT2D eigenvalue weighted by molar-refractivity contribution is -0.117. The second kappa shape index (κ2) is 9.29. The van der Waals surface area contributed by atoms with E-state index in [4.69, 9.17) is 21.6 Å². The van der Waals surface area contributed by atoms with Gasteiger partial charge >= 0.3 is 0 Å². The van der Waals surface area contributed by atoms with E-state index < -0.39 is 40.2 Å². The fourth-order valence-electron chi connectivity index (χ4n) is 3.56. The van der Waals surface area contributed by atoms with E-state index in [9.17, 15) is 23.0 Å². The maximum atomic E-state index is 14.0. The first-order valence-corrected chi connectivity index (χ1v) is 11.7. The minimum Gasteiger partial charge on any atom is -0.486 e. The average molecular weight is 484 g/mol. The zero-order valence-corrected chi connectivity index (χ0v) is 19.0. The molecule has 0 bridgehead atoms. The summed E-state index contributed by atoms with van der Waals surface area (Å²) in [5.41, 5.74) is -2.15. The number of hydrogen-bond donors (Lipinski definition) is 2. The molecule has 1 fully saturated rings. The molecule has 1 aliphatic heterocycles. The van der Waals surface area contributed by atoms with Crippen LogP contribution in [0, 0.1) is 23.1 Å². The van der Waals surface area contributed by atoms with Crippen molar-refractivity contribution in [2.75, 3.05) is 13.1 Å². The molecule has 172 valence electrons. The number of aliphatic hydroxyl groups is 2. The van der Waals surface area contributed by atoms with Crippen LogP contribution in [0.15, 0.2) is 41.6 Å². The number of pyridine rings is 1. The number of benzene rings is 1. The Morgan fingerprint density at radius 1 is 1.41 bits per heavy atom. The molecule has 1 aliphatic rings. The number of aromatic nitrogens is 1. The summed E-state index contributed by atoms with van der Waals surface area (Å²) in [6, 6.07) is 7.86. The standard InChI is InChI=1S/C21H23ClFN3O5S/c1-13(2)7-18(27)21(28)12-26(32(29,30)20-6-4-15(22)10-25-20)11-19(21)31-16-5-3-14(9-24)17(23)8-16/h3-6,8,10,13,18-19,27-28H,7,11-12H2,1-2H3/t18-,19+,21-/m1/s1. The summed E-state index contributed by atoms with van der Waals surface area (Å²) < 4.78 is 46.9. The van der Waals surface area contributed by atoms with Gasteiger partial charge in [0.2, 0.25) is 0 Å². The van der Waals surface area contributed by atoms with Crippen molar-refractivity contribution in [3.63, 3.8) is 0 Å². The topological polar surface area (TPSA) is 124 Å². The van der Waals surface area contributed by atoms with Gasteiger partial charge in [-0.2, -0.15) is 9.57 Å². The van der Waals surface area contributed by atoms with E-state index in [1.165, 1.54) is 30.5 Å². The van der Waals surface area contributed by atoms with E-state index in [2.05, 4.69) is 4.98 Å². The molecule has 32 heavy (non-hydrogen) atoms. The van der Waals surface area contributed by atoms with Gasteiger partial charge in [-0.3, -0.25) is 0 Å². The molecule has 0 saturated carbocycles. The molecule has 0 spiro atoms. The van der Waals surface area contributed by atoms with E-state index in [-0.39, 0.29) is 40.2 Å². The molecule has 2 aromatic rings. The molecule has 1 aromatic heterocycles. The van der Waals surface area contributed by atoms with Gasteiger partial charge in [0.15, 0.2) is 5.03 Å². The Kier molecular flexibility index (Phi) is 7.07. The van der Waals surface area contributed by atoms with Crippen molar-refractivity contribution in [1.82, 2.24) is 9.29 Å². The molecular weight excluding hydrogens is 461 g/mol. The van der Waals surface area contributed by atoms with E-state index >= 15 is 0 Å². The van der Waals surface area contributed by atoms with Gasteiger partial charge in [-0.1, -0.05) is 25.4 Å². The molecular formula is C21H23ClFN3O5S. The zero-order valence-electron chi connectivity index (χ0n) is 17.4. The van der Waals surface area contributed by atoms with Crippen molar-refractivity contribution in [2.45, 2.75) is 43.1 Å². The Labute approximate surface area is 190 Å². The van der Waals surface area contributed by atoms with Crippen LogP contribution < -0.4 is 4.74 Å². The summed E-state index contributed by atoms with van der Waals surface area (Å²) in [5.74, 6) is -0.819. The number of ether oxygens (including phenoxy) is 1. The van der Waals surface area contributed by atoms with Gasteiger partial charge in [0, 0.05) is 18.8 Å². The SMILES string of the molecule is CC(C)C[C@@H](O)[C@]1(O)CN(S(=O)(=O)c2ccc(Cl)cn2)C[C@@H]1Oc1ccc(C#N)c(F)c1. The second-order valence-corrected chi connectivity index (χ2v) is 10.4. The maximum absolute atomic E-state index is 14.0. The number of nitriles is 1. The molecule has 3 rings (SSSR count). The number of aliphatic hydroxyl groups excluding tert-OH is 1. The van der Waals surface area contributed by atoms with Crippen LogP contribution in [0.25, 0.3) is 0 Å². The Bertz CT molecular complexity index is 1120. The van der Waals surface area contributed by atoms with Crippen LogP contribution in [0.3, 0.4) is 0 Å². The fourth-order valence-corrected chi connectivity index (χ4v) is 5.07. The lowest BCUT2D eigenvalue weighted by atomic mass is 9.87. The smallest absolute Gasteiger partial charge is 0.260 e. The third-order valence-electron chi connectivity index (χ3n) is 5.27. The van der Waals surface area contributed by atoms with E-state index in [0.29, 0.717) is 0 Å². The highest BCUT2D eigenvalue weighted by atomic mass is 35.5. The molecule has 8 nitrogen and oxygen atoms in total. The fraction of sp³-hybridized carbons (Fsp3) is 0.429. The summed E-state index contributed by atoms with van der Waals surface area (Å²) in [7, 11) is -4.14. The predicted octanol–water partition coefficient (Wildman–Crippen LogP) is 2.34. The van der Waals surface area contributed by atoms with Crippen LogP contribution in [0.4, 0.5) is 4.39 Å². The Hall–Kier alpha value is -2.29. The number of hydrogen-bond acceptors (Lipinski definition) is 7. The van der Waals surface area contributed by atoms with Crippen LogP contribution >= 0.6 is 11.6 Å². The predicted molar refractivity (Wildman–Crippen MR) is 114 cm³/mol. The second-order valence-electron chi connectivity index (χ2n) is 8.11. The number of β-amino-alcohol motifs (C(OH)–C–C–N with tert-alkyl or cyclic N) is 1. The van der Waals surface area contributed by atoms with Crippen LogP contribution in [0.2, 0.25) is 5.02 Å². The summed E-state index contributed by atoms with van der Waals surface area (Å²) >= 11 is 5.79. The number of sulfonamides is 1. The van der Waals surface area contributed by atoms with E-state index in [0.717, 1.165) is 10.4 Å². The van der Waals surface area contributed by atoms with Crippen LogP contribution in [0.1, 0.15) is 25.8 Å². The Balaban J connectivity index is 1.94. The number of halogens is 2. The quantitative estimate of drug-likeness (QED) is 0.619. The molecule has 1 aromatic carbocycles. The highest BCUT2D eigenvalue weighted by molar-refractivity contribution is 7.89. The lowest BCUT2D eigenvalue weighted by Crippen LogP contribution is -2.54. The summed E-state index contributed by atoms with van der Waals surface area (Å²) in [6.07, 6.45) is -1.14. The summed E-state index contributed by atoms with van der Waals surface area (Å²) in [6.45, 7) is 2.94. The molecule has 1 saturated heterocycles. The molecule has 2 N–H and O–H groups in total. The van der Waals surface area contributed by atoms with Crippen molar-refractivity contribution in [3.05, 3.63) is 52.9 Å². The number of rotatable bonds is 7. The summed E-state index contributed by atoms with van der Waals surface area (Å²) in [4.78, 5) is 3.85. The third kappa shape index (κ3) is 4.87. The minimum atomic E-state index is -4.14. The Morgan fingerprint density at radius 3 is 2.69 bits per heavy atom. The maximum Gasteiger partial charge on any atom is 0.260 e. The number of nitrogens with zero attached hydrogens (tertiary/aromatic N) is 3. The van der Waals surface area contributed by atoms with Gasteiger partial charge in [0.1, 0.15) is 29.3 Å². The van der Waals surface area contributed by atoms with Gasteiger partial charge in [-0.25, -0.2) is 17.8 Å². The van der Waals surface area contributed by atoms with Crippen LogP contribution in [0.5, 0.6) is 5.75 Å². The van der Waals surface area contributed by atoms with Crippen molar-refractivity contribution < 1.29 is 27.8 Å². The van der Waals surface area contributed by atoms with E-state index in [1.54, 1.807) is 6.07 Å². The highest BCUT2D eigenvalue weighted by Crippen LogP contribution is 2.35. The molecule has 0 aliphatic carbocycles. The average Bonchev–Trinajstić information content (AvgIpc) is 3.06. The summed E-state index contributed by atoms with van der Waals surface area (Å²) in [5, 5.41) is 31.0. The minimum absolute atomic E-state index is 0.00520. The first kappa shape index (κ1) is 24.4. The van der Waals surface area contributed by atoms with Crippen LogP contribution in [-0.4, -0.2) is 58.8 Å². The van der Waals surface area contributed by atoms with Crippen molar-refractivity contribution in [1.29, 1.82) is 5.26 Å². The first-order valence-electron chi connectivity index (χ1n) is 9.86. The van der Waals surface area contributed by atoms with Crippen molar-refractivity contribution in [3.8, 4) is 11.8 Å². The Morgan fingerprint density at radius 2 is 2.12 bits per heavy atom. The van der Waals surface area contributed by atoms with Crippen molar-refractivity contribution in [2.24, 2.45) is 5.92 Å². The zero-order chi connectivity index (χ0) is 23.7. The van der Waals surface area contributed by atoms with Crippen molar-refractivity contribution >= 4 is 21.6 Å². The molecule has 0 radical (unpaired) electrons. The van der Waals surface area contributed by atoms with Gasteiger partial charge in [-0.05, 0) is 36.6 Å². The molecule has 11 heteroatoms. The first-order chi connectivity index (χ1) is 15.0. The molecule has 0 amide bonds. The van der Waals surface area contributed by atoms with Gasteiger partial charge < -0.3 is 14.9 Å². The molecule has 3 atom stereocenters. The van der Waals surface area contributed by atoms with Crippen LogP contribution in [-0.2, 0) is 10.0 Å². The van der Waals surface area contributed by atoms with Gasteiger partial charge in [0.25, 0.3) is 10.0 Å². The van der Waals surface area contributed by atoms with Gasteiger partial charge in [-0.15, -0.1) is 0 Å². The highest BCUT2D eigenvalue weighted by Gasteiger charge is 2.55. The molecule has 2 heterocycles. The van der Waals surface area contributed by atoms with Gasteiger partial charge in [0.05, 0.1) is 23.2 Å².